The molecule has 0 heterocycles. The standard InChI is InChI=1S/C11H14O/c1-11-8-3-2-5-9(11)6-4-7-10(11)12/h2-3,5,8-9H,4,6-7H2,1H3/t9-,11-/m0/s1. The van der Waals surface area contributed by atoms with E-state index < -0.39 is 0 Å². The molecule has 0 spiro atoms. The molecule has 0 amide bonds. The molecular weight excluding hydrogens is 148 g/mol. The molecule has 0 unspecified atom stereocenters. The first-order valence-electron chi connectivity index (χ1n) is 4.63. The molecule has 0 aromatic carbocycles. The lowest BCUT2D eigenvalue weighted by Gasteiger charge is -2.37. The first-order chi connectivity index (χ1) is 5.73. The Hall–Kier alpha value is -0.850. The monoisotopic (exact) mass is 162 g/mol. The van der Waals surface area contributed by atoms with Crippen LogP contribution in [-0.4, -0.2) is 5.78 Å². The van der Waals surface area contributed by atoms with E-state index in [1.165, 1.54) is 6.42 Å². The third kappa shape index (κ3) is 0.961. The maximum absolute atomic E-state index is 11.7. The van der Waals surface area contributed by atoms with Crippen molar-refractivity contribution < 1.29 is 4.79 Å². The van der Waals surface area contributed by atoms with Gasteiger partial charge in [-0.15, -0.1) is 0 Å². The van der Waals surface area contributed by atoms with Gasteiger partial charge in [-0.3, -0.25) is 4.79 Å². The van der Waals surface area contributed by atoms with E-state index >= 15 is 0 Å². The summed E-state index contributed by atoms with van der Waals surface area (Å²) in [6.07, 6.45) is 11.3. The average molecular weight is 162 g/mol. The highest BCUT2D eigenvalue weighted by atomic mass is 16.1. The molecule has 0 bridgehead atoms. The summed E-state index contributed by atoms with van der Waals surface area (Å²) < 4.78 is 0. The molecule has 0 radical (unpaired) electrons. The minimum atomic E-state index is -0.174. The van der Waals surface area contributed by atoms with Gasteiger partial charge in [0.25, 0.3) is 0 Å². The van der Waals surface area contributed by atoms with Crippen molar-refractivity contribution in [1.29, 1.82) is 0 Å². The van der Waals surface area contributed by atoms with E-state index in [2.05, 4.69) is 25.2 Å². The van der Waals surface area contributed by atoms with Crippen LogP contribution in [0.25, 0.3) is 0 Å². The molecule has 0 N–H and O–H groups in total. The van der Waals surface area contributed by atoms with Crippen LogP contribution in [0.2, 0.25) is 0 Å². The lowest BCUT2D eigenvalue weighted by atomic mass is 9.65. The Morgan fingerprint density at radius 3 is 3.08 bits per heavy atom. The van der Waals surface area contributed by atoms with Crippen LogP contribution in [0.3, 0.4) is 0 Å². The summed E-state index contributed by atoms with van der Waals surface area (Å²) in [5.41, 5.74) is -0.174. The van der Waals surface area contributed by atoms with E-state index in [-0.39, 0.29) is 5.41 Å². The highest BCUT2D eigenvalue weighted by Gasteiger charge is 2.40. The normalized spacial score (nSPS) is 39.8. The maximum atomic E-state index is 11.7. The van der Waals surface area contributed by atoms with Crippen molar-refractivity contribution >= 4 is 5.78 Å². The molecule has 1 saturated carbocycles. The fourth-order valence-electron chi connectivity index (χ4n) is 2.22. The Labute approximate surface area is 73.2 Å². The van der Waals surface area contributed by atoms with E-state index in [0.29, 0.717) is 11.7 Å². The molecule has 2 atom stereocenters. The Balaban J connectivity index is 2.34. The number of hydrogen-bond donors (Lipinski definition) is 0. The van der Waals surface area contributed by atoms with Gasteiger partial charge in [-0.05, 0) is 25.7 Å². The minimum absolute atomic E-state index is 0.174. The van der Waals surface area contributed by atoms with Gasteiger partial charge in [-0.2, -0.15) is 0 Å². The quantitative estimate of drug-likeness (QED) is 0.535. The van der Waals surface area contributed by atoms with Crippen LogP contribution in [0.4, 0.5) is 0 Å². The summed E-state index contributed by atoms with van der Waals surface area (Å²) in [6, 6.07) is 0. The van der Waals surface area contributed by atoms with Crippen LogP contribution >= 0.6 is 0 Å². The van der Waals surface area contributed by atoms with E-state index in [0.717, 1.165) is 12.8 Å². The number of ketones is 1. The van der Waals surface area contributed by atoms with Crippen molar-refractivity contribution in [3.63, 3.8) is 0 Å². The largest absolute Gasteiger partial charge is 0.299 e. The Bertz CT molecular complexity index is 262. The highest BCUT2D eigenvalue weighted by Crippen LogP contribution is 2.41. The summed E-state index contributed by atoms with van der Waals surface area (Å²) >= 11 is 0. The lowest BCUT2D eigenvalue weighted by Crippen LogP contribution is -2.37. The molecule has 12 heavy (non-hydrogen) atoms. The number of carbonyl (C=O) groups is 1. The lowest BCUT2D eigenvalue weighted by molar-refractivity contribution is -0.129. The zero-order valence-corrected chi connectivity index (χ0v) is 7.42. The second-order valence-electron chi connectivity index (χ2n) is 3.95. The molecule has 0 aromatic rings. The highest BCUT2D eigenvalue weighted by molar-refractivity contribution is 5.88. The van der Waals surface area contributed by atoms with E-state index in [1.54, 1.807) is 0 Å². The summed E-state index contributed by atoms with van der Waals surface area (Å²) in [6.45, 7) is 2.07. The fraction of sp³-hybridized carbons (Fsp3) is 0.545. The van der Waals surface area contributed by atoms with Crippen molar-refractivity contribution in [2.45, 2.75) is 26.2 Å². The third-order valence-electron chi connectivity index (χ3n) is 3.19. The number of Topliss-reactive ketones (excluding diaryl/α,β-unsaturated/α-hetero) is 1. The zero-order chi connectivity index (χ0) is 8.60. The van der Waals surface area contributed by atoms with Gasteiger partial charge in [0.05, 0.1) is 5.41 Å². The van der Waals surface area contributed by atoms with Crippen molar-refractivity contribution in [1.82, 2.24) is 0 Å². The number of carbonyl (C=O) groups excluding carboxylic acids is 1. The predicted molar refractivity (Wildman–Crippen MR) is 48.7 cm³/mol. The van der Waals surface area contributed by atoms with Crippen LogP contribution in [0, 0.1) is 11.3 Å². The molecule has 1 nitrogen and oxygen atoms in total. The zero-order valence-electron chi connectivity index (χ0n) is 7.42. The first kappa shape index (κ1) is 7.78. The molecule has 1 fully saturated rings. The smallest absolute Gasteiger partial charge is 0.143 e. The van der Waals surface area contributed by atoms with Gasteiger partial charge in [0.15, 0.2) is 0 Å². The average Bonchev–Trinajstić information content (AvgIpc) is 2.07. The number of allylic oxidation sites excluding steroid dienone is 4. The number of fused-ring (bicyclic) bond motifs is 1. The molecule has 0 aliphatic heterocycles. The number of rotatable bonds is 0. The van der Waals surface area contributed by atoms with Gasteiger partial charge in [0.1, 0.15) is 5.78 Å². The maximum Gasteiger partial charge on any atom is 0.143 e. The molecule has 64 valence electrons. The Kier molecular flexibility index (Phi) is 1.67. The summed E-state index contributed by atoms with van der Waals surface area (Å²) in [4.78, 5) is 11.7. The van der Waals surface area contributed by atoms with E-state index in [9.17, 15) is 4.79 Å². The summed E-state index contributed by atoms with van der Waals surface area (Å²) in [5.74, 6) is 0.878. The van der Waals surface area contributed by atoms with Crippen LogP contribution in [0.1, 0.15) is 26.2 Å². The van der Waals surface area contributed by atoms with Gasteiger partial charge in [-0.25, -0.2) is 0 Å². The molecule has 0 aromatic heterocycles. The van der Waals surface area contributed by atoms with E-state index in [1.807, 2.05) is 6.08 Å². The van der Waals surface area contributed by atoms with Crippen molar-refractivity contribution in [2.24, 2.45) is 11.3 Å². The molecule has 2 rings (SSSR count). The van der Waals surface area contributed by atoms with Crippen molar-refractivity contribution in [2.75, 3.05) is 0 Å². The Morgan fingerprint density at radius 2 is 2.33 bits per heavy atom. The molecule has 0 saturated heterocycles. The molecular formula is C11H14O. The van der Waals surface area contributed by atoms with Gasteiger partial charge in [-0.1, -0.05) is 24.3 Å². The van der Waals surface area contributed by atoms with Crippen LogP contribution in [0.5, 0.6) is 0 Å². The second kappa shape index (κ2) is 2.58. The van der Waals surface area contributed by atoms with Gasteiger partial charge >= 0.3 is 0 Å². The molecule has 2 aliphatic rings. The molecule has 1 heteroatoms. The predicted octanol–water partition coefficient (Wildman–Crippen LogP) is 2.49. The van der Waals surface area contributed by atoms with Gasteiger partial charge in [0, 0.05) is 6.42 Å². The second-order valence-corrected chi connectivity index (χ2v) is 3.95. The van der Waals surface area contributed by atoms with Crippen LogP contribution in [0.15, 0.2) is 24.3 Å². The van der Waals surface area contributed by atoms with Crippen molar-refractivity contribution in [3.8, 4) is 0 Å². The van der Waals surface area contributed by atoms with Crippen LogP contribution in [-0.2, 0) is 4.79 Å². The van der Waals surface area contributed by atoms with Crippen molar-refractivity contribution in [3.05, 3.63) is 24.3 Å². The minimum Gasteiger partial charge on any atom is -0.299 e. The Morgan fingerprint density at radius 1 is 1.50 bits per heavy atom. The topological polar surface area (TPSA) is 17.1 Å². The fourth-order valence-corrected chi connectivity index (χ4v) is 2.22. The summed E-state index contributed by atoms with van der Waals surface area (Å²) in [7, 11) is 0. The van der Waals surface area contributed by atoms with Crippen LogP contribution < -0.4 is 0 Å². The first-order valence-corrected chi connectivity index (χ1v) is 4.63. The van der Waals surface area contributed by atoms with Gasteiger partial charge < -0.3 is 0 Å². The van der Waals surface area contributed by atoms with Gasteiger partial charge in [0.2, 0.25) is 0 Å². The molecule has 2 aliphatic carbocycles. The SMILES string of the molecule is C[C@]12C=CC=C[C@H]1CCCC2=O. The third-order valence-corrected chi connectivity index (χ3v) is 3.19. The summed E-state index contributed by atoms with van der Waals surface area (Å²) in [5, 5.41) is 0. The van der Waals surface area contributed by atoms with E-state index in [4.69, 9.17) is 0 Å². The number of hydrogen-bond acceptors (Lipinski definition) is 1.